The Hall–Kier alpha value is -2.23. The number of amides is 1. The first-order chi connectivity index (χ1) is 11.5. The molecule has 0 bridgehead atoms. The Kier molecular flexibility index (Phi) is 4.65. The van der Waals surface area contributed by atoms with E-state index in [0.717, 1.165) is 5.56 Å². The molecule has 0 spiro atoms. The number of rotatable bonds is 6. The molecule has 4 heteroatoms. The smallest absolute Gasteiger partial charge is 0.230 e. The van der Waals surface area contributed by atoms with Gasteiger partial charge in [-0.2, -0.15) is 0 Å². The number of carbonyl (C=O) groups is 1. The van der Waals surface area contributed by atoms with E-state index in [1.165, 1.54) is 6.07 Å². The van der Waals surface area contributed by atoms with Crippen LogP contribution in [0.2, 0.25) is 0 Å². The van der Waals surface area contributed by atoms with Gasteiger partial charge in [0.15, 0.2) is 0 Å². The van der Waals surface area contributed by atoms with Gasteiger partial charge in [0.05, 0.1) is 5.41 Å². The van der Waals surface area contributed by atoms with Crippen LogP contribution in [-0.4, -0.2) is 17.4 Å². The average molecular weight is 326 g/mol. The van der Waals surface area contributed by atoms with Gasteiger partial charge in [0.2, 0.25) is 5.91 Å². The summed E-state index contributed by atoms with van der Waals surface area (Å²) in [4.78, 5) is 16.9. The second kappa shape index (κ2) is 6.71. The van der Waals surface area contributed by atoms with Crippen LogP contribution in [0.15, 0.2) is 48.8 Å². The molecule has 24 heavy (non-hydrogen) atoms. The lowest BCUT2D eigenvalue weighted by Crippen LogP contribution is -2.38. The van der Waals surface area contributed by atoms with Crippen molar-refractivity contribution in [3.63, 3.8) is 0 Å². The topological polar surface area (TPSA) is 42.0 Å². The van der Waals surface area contributed by atoms with Gasteiger partial charge in [-0.25, -0.2) is 4.39 Å². The van der Waals surface area contributed by atoms with Gasteiger partial charge in [0.25, 0.3) is 0 Å². The minimum Gasteiger partial charge on any atom is -0.355 e. The van der Waals surface area contributed by atoms with Gasteiger partial charge >= 0.3 is 0 Å². The largest absolute Gasteiger partial charge is 0.355 e. The predicted molar refractivity (Wildman–Crippen MR) is 92.1 cm³/mol. The Bertz CT molecular complexity index is 711. The first-order valence-corrected chi connectivity index (χ1v) is 8.48. The highest BCUT2D eigenvalue weighted by Gasteiger charge is 2.52. The predicted octanol–water partition coefficient (Wildman–Crippen LogP) is 3.81. The maximum absolute atomic E-state index is 14.1. The highest BCUT2D eigenvalue weighted by atomic mass is 19.1. The van der Waals surface area contributed by atoms with E-state index < -0.39 is 5.41 Å². The Morgan fingerprint density at radius 1 is 1.25 bits per heavy atom. The van der Waals surface area contributed by atoms with Crippen LogP contribution < -0.4 is 5.32 Å². The lowest BCUT2D eigenvalue weighted by atomic mass is 9.88. The maximum atomic E-state index is 14.1. The Balaban J connectivity index is 1.72. The van der Waals surface area contributed by atoms with Crippen molar-refractivity contribution < 1.29 is 9.18 Å². The highest BCUT2D eigenvalue weighted by Crippen LogP contribution is 2.49. The van der Waals surface area contributed by atoms with Crippen molar-refractivity contribution in [3.05, 3.63) is 65.7 Å². The summed E-state index contributed by atoms with van der Waals surface area (Å²) in [5.74, 6) is 0.206. The molecule has 1 saturated carbocycles. The summed E-state index contributed by atoms with van der Waals surface area (Å²) in [6.45, 7) is 4.81. The highest BCUT2D eigenvalue weighted by molar-refractivity contribution is 5.91. The SMILES string of the molecule is CC(C)C(CNC(=O)C1(c2ccccc2F)CC1)c1cccnc1. The molecular weight excluding hydrogens is 303 g/mol. The van der Waals surface area contributed by atoms with Crippen LogP contribution >= 0.6 is 0 Å². The maximum Gasteiger partial charge on any atom is 0.230 e. The Morgan fingerprint density at radius 2 is 2.00 bits per heavy atom. The second-order valence-corrected chi connectivity index (χ2v) is 6.91. The standard InChI is InChI=1S/C20H23FN2O/c1-14(2)16(15-6-5-11-22-12-15)13-23-19(24)20(9-10-20)17-7-3-4-8-18(17)21/h3-8,11-12,14,16H,9-10,13H2,1-2H3,(H,23,24). The van der Waals surface area contributed by atoms with Gasteiger partial charge in [-0.15, -0.1) is 0 Å². The molecule has 0 radical (unpaired) electrons. The van der Waals surface area contributed by atoms with Gasteiger partial charge in [0, 0.05) is 30.4 Å². The fraction of sp³-hybridized carbons (Fsp3) is 0.400. The summed E-state index contributed by atoms with van der Waals surface area (Å²) < 4.78 is 14.1. The van der Waals surface area contributed by atoms with E-state index in [2.05, 4.69) is 24.1 Å². The van der Waals surface area contributed by atoms with E-state index >= 15 is 0 Å². The Morgan fingerprint density at radius 3 is 2.58 bits per heavy atom. The zero-order chi connectivity index (χ0) is 17.2. The lowest BCUT2D eigenvalue weighted by Gasteiger charge is -2.23. The first kappa shape index (κ1) is 16.6. The van der Waals surface area contributed by atoms with Gasteiger partial charge in [-0.1, -0.05) is 38.1 Å². The molecule has 0 aliphatic heterocycles. The summed E-state index contributed by atoms with van der Waals surface area (Å²) in [6, 6.07) is 10.5. The minimum atomic E-state index is -0.679. The number of nitrogens with one attached hydrogen (secondary N) is 1. The molecule has 3 rings (SSSR count). The van der Waals surface area contributed by atoms with Crippen LogP contribution in [-0.2, 0) is 10.2 Å². The number of nitrogens with zero attached hydrogens (tertiary/aromatic N) is 1. The average Bonchev–Trinajstić information content (AvgIpc) is 3.38. The van der Waals surface area contributed by atoms with Gasteiger partial charge in [-0.05, 0) is 36.5 Å². The van der Waals surface area contributed by atoms with Crippen molar-refractivity contribution in [2.24, 2.45) is 5.92 Å². The molecule has 1 heterocycles. The van der Waals surface area contributed by atoms with Gasteiger partial charge in [-0.3, -0.25) is 9.78 Å². The number of halogens is 1. The number of pyridine rings is 1. The zero-order valence-corrected chi connectivity index (χ0v) is 14.1. The number of benzene rings is 1. The van der Waals surface area contributed by atoms with Gasteiger partial charge in [0.1, 0.15) is 5.82 Å². The Labute approximate surface area is 142 Å². The summed E-state index contributed by atoms with van der Waals surface area (Å²) in [7, 11) is 0. The monoisotopic (exact) mass is 326 g/mol. The van der Waals surface area contributed by atoms with Crippen molar-refractivity contribution >= 4 is 5.91 Å². The minimum absolute atomic E-state index is 0.0675. The van der Waals surface area contributed by atoms with E-state index in [1.54, 1.807) is 24.4 Å². The zero-order valence-electron chi connectivity index (χ0n) is 14.1. The van der Waals surface area contributed by atoms with Crippen molar-refractivity contribution in [1.82, 2.24) is 10.3 Å². The number of aromatic nitrogens is 1. The van der Waals surface area contributed by atoms with E-state index in [4.69, 9.17) is 0 Å². The molecule has 2 aromatic rings. The molecule has 126 valence electrons. The quantitative estimate of drug-likeness (QED) is 0.877. The van der Waals surface area contributed by atoms with Crippen LogP contribution in [0.3, 0.4) is 0 Å². The number of carbonyl (C=O) groups excluding carboxylic acids is 1. The van der Waals surface area contributed by atoms with Crippen LogP contribution in [0, 0.1) is 11.7 Å². The molecule has 3 nitrogen and oxygen atoms in total. The van der Waals surface area contributed by atoms with Gasteiger partial charge < -0.3 is 5.32 Å². The fourth-order valence-corrected chi connectivity index (χ4v) is 3.30. The van der Waals surface area contributed by atoms with E-state index in [1.807, 2.05) is 18.3 Å². The van der Waals surface area contributed by atoms with Crippen LogP contribution in [0.1, 0.15) is 43.7 Å². The molecular formula is C20H23FN2O. The van der Waals surface area contributed by atoms with Crippen LogP contribution in [0.4, 0.5) is 4.39 Å². The van der Waals surface area contributed by atoms with E-state index in [-0.39, 0.29) is 17.6 Å². The van der Waals surface area contributed by atoms with Crippen molar-refractivity contribution in [1.29, 1.82) is 0 Å². The van der Waals surface area contributed by atoms with Crippen LogP contribution in [0.5, 0.6) is 0 Å². The van der Waals surface area contributed by atoms with E-state index in [9.17, 15) is 9.18 Å². The molecule has 0 saturated heterocycles. The lowest BCUT2D eigenvalue weighted by molar-refractivity contribution is -0.123. The normalized spacial score (nSPS) is 16.7. The third-order valence-corrected chi connectivity index (χ3v) is 4.97. The molecule has 1 aromatic carbocycles. The number of hydrogen-bond acceptors (Lipinski definition) is 2. The summed E-state index contributed by atoms with van der Waals surface area (Å²) in [5, 5.41) is 3.06. The van der Waals surface area contributed by atoms with Crippen LogP contribution in [0.25, 0.3) is 0 Å². The molecule has 1 aliphatic rings. The van der Waals surface area contributed by atoms with Crippen molar-refractivity contribution in [3.8, 4) is 0 Å². The molecule has 1 fully saturated rings. The second-order valence-electron chi connectivity index (χ2n) is 6.91. The van der Waals surface area contributed by atoms with E-state index in [0.29, 0.717) is 30.9 Å². The molecule has 1 atom stereocenters. The summed E-state index contributed by atoms with van der Waals surface area (Å²) in [6.07, 6.45) is 5.01. The summed E-state index contributed by atoms with van der Waals surface area (Å²) >= 11 is 0. The molecule has 1 unspecified atom stereocenters. The number of hydrogen-bond donors (Lipinski definition) is 1. The summed E-state index contributed by atoms with van der Waals surface area (Å²) in [5.41, 5.74) is 0.954. The fourth-order valence-electron chi connectivity index (χ4n) is 3.30. The third-order valence-electron chi connectivity index (χ3n) is 4.97. The molecule has 1 aromatic heterocycles. The first-order valence-electron chi connectivity index (χ1n) is 8.48. The molecule has 1 aliphatic carbocycles. The third kappa shape index (κ3) is 3.18. The molecule has 1 N–H and O–H groups in total. The molecule has 1 amide bonds. The van der Waals surface area contributed by atoms with Crippen molar-refractivity contribution in [2.45, 2.75) is 38.0 Å². The van der Waals surface area contributed by atoms with Crippen molar-refractivity contribution in [2.75, 3.05) is 6.54 Å².